The molecule has 0 aliphatic rings. The number of ether oxygens (including phenoxy) is 1. The molecule has 190 valence electrons. The van der Waals surface area contributed by atoms with Crippen molar-refractivity contribution in [2.75, 3.05) is 6.61 Å². The van der Waals surface area contributed by atoms with Gasteiger partial charge in [-0.2, -0.15) is 0 Å². The molecule has 33 heavy (non-hydrogen) atoms. The summed E-state index contributed by atoms with van der Waals surface area (Å²) in [5.41, 5.74) is 6.16. The van der Waals surface area contributed by atoms with Crippen LogP contribution in [-0.4, -0.2) is 18.6 Å². The SMILES string of the molecule is CCCCCCCCCCCCCCCCCCCOC(=O)[C@@H](N)Cc1cc(F)cc(F)c1. The molecule has 0 fully saturated rings. The van der Waals surface area contributed by atoms with Gasteiger partial charge in [0.25, 0.3) is 0 Å². The van der Waals surface area contributed by atoms with Crippen LogP contribution in [0.15, 0.2) is 18.2 Å². The Balaban J connectivity index is 1.86. The Morgan fingerprint density at radius 3 is 1.55 bits per heavy atom. The first-order chi connectivity index (χ1) is 16.0. The Morgan fingerprint density at radius 1 is 0.727 bits per heavy atom. The van der Waals surface area contributed by atoms with Crippen LogP contribution < -0.4 is 5.73 Å². The standard InChI is InChI=1S/C28H47F2NO2/c1-2-3-4-5-6-7-8-9-10-11-12-13-14-15-16-17-18-19-33-28(32)27(31)22-24-20-25(29)23-26(30)21-24/h20-21,23,27H,2-19,22,31H2,1H3/t27-/m0/s1. The van der Waals surface area contributed by atoms with E-state index in [9.17, 15) is 13.6 Å². The zero-order valence-electron chi connectivity index (χ0n) is 20.9. The third-order valence-electron chi connectivity index (χ3n) is 6.17. The van der Waals surface area contributed by atoms with Gasteiger partial charge < -0.3 is 10.5 Å². The smallest absolute Gasteiger partial charge is 0.323 e. The highest BCUT2D eigenvalue weighted by atomic mass is 19.1. The normalized spacial score (nSPS) is 12.1. The van der Waals surface area contributed by atoms with Crippen molar-refractivity contribution in [3.05, 3.63) is 35.4 Å². The predicted molar refractivity (Wildman–Crippen MR) is 133 cm³/mol. The predicted octanol–water partition coefficient (Wildman–Crippen LogP) is 8.03. The van der Waals surface area contributed by atoms with Crippen LogP contribution in [0.3, 0.4) is 0 Å². The van der Waals surface area contributed by atoms with Gasteiger partial charge in [0.1, 0.15) is 17.7 Å². The molecule has 1 rings (SSSR count). The van der Waals surface area contributed by atoms with E-state index in [1.54, 1.807) is 0 Å². The van der Waals surface area contributed by atoms with Gasteiger partial charge in [0.15, 0.2) is 0 Å². The van der Waals surface area contributed by atoms with Gasteiger partial charge in [0.05, 0.1) is 6.61 Å². The minimum atomic E-state index is -0.906. The third kappa shape index (κ3) is 16.7. The molecule has 2 N–H and O–H groups in total. The molecule has 0 spiro atoms. The number of hydrogen-bond donors (Lipinski definition) is 1. The van der Waals surface area contributed by atoms with E-state index in [1.165, 1.54) is 102 Å². The highest BCUT2D eigenvalue weighted by Gasteiger charge is 2.16. The summed E-state index contributed by atoms with van der Waals surface area (Å²) in [5.74, 6) is -1.86. The van der Waals surface area contributed by atoms with E-state index in [1.807, 2.05) is 0 Å². The summed E-state index contributed by atoms with van der Waals surface area (Å²) in [6, 6.07) is 2.27. The maximum Gasteiger partial charge on any atom is 0.323 e. The summed E-state index contributed by atoms with van der Waals surface area (Å²) in [4.78, 5) is 12.0. The van der Waals surface area contributed by atoms with Crippen molar-refractivity contribution in [1.82, 2.24) is 0 Å². The van der Waals surface area contributed by atoms with Crippen LogP contribution in [0.5, 0.6) is 0 Å². The third-order valence-corrected chi connectivity index (χ3v) is 6.17. The summed E-state index contributed by atoms with van der Waals surface area (Å²) >= 11 is 0. The van der Waals surface area contributed by atoms with E-state index in [0.29, 0.717) is 12.2 Å². The van der Waals surface area contributed by atoms with E-state index in [2.05, 4.69) is 6.92 Å². The number of hydrogen-bond acceptors (Lipinski definition) is 3. The fraction of sp³-hybridized carbons (Fsp3) is 0.750. The van der Waals surface area contributed by atoms with Crippen LogP contribution in [0.4, 0.5) is 8.78 Å². The molecule has 0 amide bonds. The molecule has 1 aromatic carbocycles. The van der Waals surface area contributed by atoms with Gasteiger partial charge >= 0.3 is 5.97 Å². The van der Waals surface area contributed by atoms with Gasteiger partial charge in [-0.25, -0.2) is 8.78 Å². The van der Waals surface area contributed by atoms with Crippen molar-refractivity contribution in [3.63, 3.8) is 0 Å². The van der Waals surface area contributed by atoms with Crippen molar-refractivity contribution in [1.29, 1.82) is 0 Å². The number of unbranched alkanes of at least 4 members (excludes halogenated alkanes) is 16. The first-order valence-corrected chi connectivity index (χ1v) is 13.4. The lowest BCUT2D eigenvalue weighted by molar-refractivity contribution is -0.145. The minimum Gasteiger partial charge on any atom is -0.465 e. The zero-order valence-corrected chi connectivity index (χ0v) is 20.9. The Morgan fingerprint density at radius 2 is 1.12 bits per heavy atom. The molecule has 1 atom stereocenters. The lowest BCUT2D eigenvalue weighted by Gasteiger charge is -2.12. The number of carbonyl (C=O) groups is 1. The average molecular weight is 468 g/mol. The summed E-state index contributed by atoms with van der Waals surface area (Å²) in [6.45, 7) is 2.62. The first-order valence-electron chi connectivity index (χ1n) is 13.4. The molecule has 0 saturated carbocycles. The quantitative estimate of drug-likeness (QED) is 0.147. The molecule has 0 heterocycles. The van der Waals surface area contributed by atoms with E-state index in [-0.39, 0.29) is 6.42 Å². The highest BCUT2D eigenvalue weighted by molar-refractivity contribution is 5.75. The number of nitrogens with two attached hydrogens (primary N) is 1. The average Bonchev–Trinajstić information content (AvgIpc) is 2.77. The molecule has 0 saturated heterocycles. The van der Waals surface area contributed by atoms with Crippen LogP contribution in [-0.2, 0) is 16.0 Å². The van der Waals surface area contributed by atoms with E-state index in [4.69, 9.17) is 10.5 Å². The van der Waals surface area contributed by atoms with Crippen LogP contribution in [0, 0.1) is 11.6 Å². The zero-order chi connectivity index (χ0) is 24.2. The van der Waals surface area contributed by atoms with Crippen molar-refractivity contribution >= 4 is 5.97 Å². The molecule has 3 nitrogen and oxygen atoms in total. The Bertz CT molecular complexity index is 604. The van der Waals surface area contributed by atoms with Gasteiger partial charge in [-0.05, 0) is 30.5 Å². The maximum absolute atomic E-state index is 13.2. The second-order valence-electron chi connectivity index (χ2n) is 9.41. The van der Waals surface area contributed by atoms with Gasteiger partial charge in [-0.15, -0.1) is 0 Å². The lowest BCUT2D eigenvalue weighted by atomic mass is 10.0. The largest absolute Gasteiger partial charge is 0.465 e. The van der Waals surface area contributed by atoms with Crippen molar-refractivity contribution in [2.45, 2.75) is 129 Å². The van der Waals surface area contributed by atoms with Crippen molar-refractivity contribution in [3.8, 4) is 0 Å². The van der Waals surface area contributed by atoms with Gasteiger partial charge in [0, 0.05) is 6.07 Å². The Kier molecular flexibility index (Phi) is 17.8. The summed E-state index contributed by atoms with van der Waals surface area (Å²) in [7, 11) is 0. The minimum absolute atomic E-state index is 0.0621. The molecule has 0 radical (unpaired) electrons. The van der Waals surface area contributed by atoms with Crippen LogP contribution >= 0.6 is 0 Å². The number of rotatable bonds is 21. The molecule has 5 heteroatoms. The highest BCUT2D eigenvalue weighted by Crippen LogP contribution is 2.14. The summed E-state index contributed by atoms with van der Waals surface area (Å²) in [5, 5.41) is 0. The second kappa shape index (κ2) is 19.9. The maximum atomic E-state index is 13.2. The van der Waals surface area contributed by atoms with Crippen molar-refractivity contribution < 1.29 is 18.3 Å². The van der Waals surface area contributed by atoms with Crippen LogP contribution in [0.2, 0.25) is 0 Å². The Hall–Kier alpha value is -1.49. The molecule has 0 aliphatic carbocycles. The molecular formula is C28H47F2NO2. The van der Waals surface area contributed by atoms with E-state index >= 15 is 0 Å². The molecular weight excluding hydrogens is 420 g/mol. The number of esters is 1. The molecule has 0 aliphatic heterocycles. The fourth-order valence-electron chi connectivity index (χ4n) is 4.17. The number of benzene rings is 1. The molecule has 1 aromatic rings. The van der Waals surface area contributed by atoms with Gasteiger partial charge in [-0.3, -0.25) is 4.79 Å². The number of halogens is 2. The van der Waals surface area contributed by atoms with E-state index < -0.39 is 23.6 Å². The fourth-order valence-corrected chi connectivity index (χ4v) is 4.17. The molecule has 0 unspecified atom stereocenters. The first kappa shape index (κ1) is 29.5. The summed E-state index contributed by atoms with van der Waals surface area (Å²) < 4.78 is 31.6. The molecule has 0 aromatic heterocycles. The van der Waals surface area contributed by atoms with E-state index in [0.717, 1.165) is 25.3 Å². The molecule has 0 bridgehead atoms. The van der Waals surface area contributed by atoms with Crippen LogP contribution in [0.25, 0.3) is 0 Å². The monoisotopic (exact) mass is 467 g/mol. The van der Waals surface area contributed by atoms with Gasteiger partial charge in [-0.1, -0.05) is 110 Å². The summed E-state index contributed by atoms with van der Waals surface area (Å²) in [6.07, 6.45) is 22.2. The van der Waals surface area contributed by atoms with Crippen molar-refractivity contribution in [2.24, 2.45) is 5.73 Å². The Labute approximate surface area is 200 Å². The lowest BCUT2D eigenvalue weighted by Crippen LogP contribution is -2.34. The second-order valence-corrected chi connectivity index (χ2v) is 9.41. The number of carbonyl (C=O) groups excluding carboxylic acids is 1. The topological polar surface area (TPSA) is 52.3 Å². The van der Waals surface area contributed by atoms with Gasteiger partial charge in [0.2, 0.25) is 0 Å². The van der Waals surface area contributed by atoms with Crippen LogP contribution in [0.1, 0.15) is 122 Å².